The van der Waals surface area contributed by atoms with E-state index in [1.54, 1.807) is 12.1 Å². The Morgan fingerprint density at radius 3 is 2.92 bits per heavy atom. The average Bonchev–Trinajstić information content (AvgIpc) is 2.61. The molecule has 26 heavy (non-hydrogen) atoms. The zero-order valence-electron chi connectivity index (χ0n) is 14.7. The third-order valence-electron chi connectivity index (χ3n) is 3.92. The molecule has 2 aromatic carbocycles. The number of rotatable bonds is 7. The standard InChI is InChI=1S/C20H22ClNO4/c1-14-4-2-5-16(10-14)24-7-3-6-22-19(23)13-15-11-17(21)20-18(12-15)25-8-9-26-20/h2,4-5,10-12H,3,6-9,13H2,1H3,(H,22,23). The minimum absolute atomic E-state index is 0.0618. The van der Waals surface area contributed by atoms with Gasteiger partial charge >= 0.3 is 0 Å². The van der Waals surface area contributed by atoms with Crippen LogP contribution < -0.4 is 19.5 Å². The van der Waals surface area contributed by atoms with Gasteiger partial charge in [0, 0.05) is 6.54 Å². The highest BCUT2D eigenvalue weighted by molar-refractivity contribution is 6.32. The maximum atomic E-state index is 12.1. The van der Waals surface area contributed by atoms with E-state index in [1.807, 2.05) is 31.2 Å². The Morgan fingerprint density at radius 2 is 2.08 bits per heavy atom. The fraction of sp³-hybridized carbons (Fsp3) is 0.350. The largest absolute Gasteiger partial charge is 0.494 e. The quantitative estimate of drug-likeness (QED) is 0.752. The first kappa shape index (κ1) is 18.4. The Balaban J connectivity index is 1.41. The summed E-state index contributed by atoms with van der Waals surface area (Å²) in [5.74, 6) is 1.93. The van der Waals surface area contributed by atoms with Gasteiger partial charge in [-0.2, -0.15) is 0 Å². The zero-order valence-corrected chi connectivity index (χ0v) is 15.5. The van der Waals surface area contributed by atoms with Gasteiger partial charge in [0.25, 0.3) is 0 Å². The first-order valence-corrected chi connectivity index (χ1v) is 9.04. The van der Waals surface area contributed by atoms with Crippen molar-refractivity contribution in [1.29, 1.82) is 0 Å². The predicted octanol–water partition coefficient (Wildman–Crippen LogP) is 3.55. The van der Waals surface area contributed by atoms with Crippen LogP contribution in [-0.4, -0.2) is 32.3 Å². The van der Waals surface area contributed by atoms with Crippen molar-refractivity contribution in [1.82, 2.24) is 5.32 Å². The second-order valence-corrected chi connectivity index (χ2v) is 6.55. The lowest BCUT2D eigenvalue weighted by atomic mass is 10.1. The van der Waals surface area contributed by atoms with Crippen LogP contribution in [0.2, 0.25) is 5.02 Å². The molecule has 138 valence electrons. The molecule has 0 aromatic heterocycles. The van der Waals surface area contributed by atoms with Crippen LogP contribution in [0.3, 0.4) is 0 Å². The van der Waals surface area contributed by atoms with E-state index in [4.69, 9.17) is 25.8 Å². The fourth-order valence-electron chi connectivity index (χ4n) is 2.71. The minimum Gasteiger partial charge on any atom is -0.494 e. The van der Waals surface area contributed by atoms with E-state index in [2.05, 4.69) is 5.32 Å². The molecule has 2 aromatic rings. The lowest BCUT2D eigenvalue weighted by Gasteiger charge is -2.20. The Morgan fingerprint density at radius 1 is 1.23 bits per heavy atom. The molecule has 0 radical (unpaired) electrons. The molecule has 0 spiro atoms. The predicted molar refractivity (Wildman–Crippen MR) is 100 cm³/mol. The summed E-state index contributed by atoms with van der Waals surface area (Å²) in [6.07, 6.45) is 0.983. The first-order chi connectivity index (χ1) is 12.6. The molecule has 0 atom stereocenters. The average molecular weight is 376 g/mol. The van der Waals surface area contributed by atoms with Crippen molar-refractivity contribution in [2.75, 3.05) is 26.4 Å². The van der Waals surface area contributed by atoms with Gasteiger partial charge in [0.15, 0.2) is 11.5 Å². The fourth-order valence-corrected chi connectivity index (χ4v) is 3.00. The van der Waals surface area contributed by atoms with Gasteiger partial charge in [0.1, 0.15) is 19.0 Å². The number of nitrogens with one attached hydrogen (secondary N) is 1. The summed E-state index contributed by atoms with van der Waals surface area (Å²) in [6.45, 7) is 4.11. The van der Waals surface area contributed by atoms with E-state index in [1.165, 1.54) is 0 Å². The van der Waals surface area contributed by atoms with E-state index in [9.17, 15) is 4.79 Å². The normalized spacial score (nSPS) is 12.5. The second kappa shape index (κ2) is 8.81. The van der Waals surface area contributed by atoms with Crippen LogP contribution >= 0.6 is 11.6 Å². The molecule has 0 saturated heterocycles. The number of carbonyl (C=O) groups is 1. The third-order valence-corrected chi connectivity index (χ3v) is 4.20. The van der Waals surface area contributed by atoms with Gasteiger partial charge in [-0.15, -0.1) is 0 Å². The molecule has 6 heteroatoms. The van der Waals surface area contributed by atoms with Crippen LogP contribution in [-0.2, 0) is 11.2 Å². The molecule has 0 saturated carbocycles. The molecular formula is C20H22ClNO4. The molecule has 0 fully saturated rings. The SMILES string of the molecule is Cc1cccc(OCCCNC(=O)Cc2cc(Cl)c3c(c2)OCCO3)c1. The monoisotopic (exact) mass is 375 g/mol. The van der Waals surface area contributed by atoms with Gasteiger partial charge in [-0.05, 0) is 48.7 Å². The Bertz CT molecular complexity index is 778. The smallest absolute Gasteiger partial charge is 0.224 e. The van der Waals surface area contributed by atoms with Gasteiger partial charge in [-0.1, -0.05) is 23.7 Å². The summed E-state index contributed by atoms with van der Waals surface area (Å²) >= 11 is 6.19. The van der Waals surface area contributed by atoms with Crippen molar-refractivity contribution >= 4 is 17.5 Å². The molecular weight excluding hydrogens is 354 g/mol. The number of carbonyl (C=O) groups excluding carboxylic acids is 1. The van der Waals surface area contributed by atoms with Crippen LogP contribution in [0, 0.1) is 6.92 Å². The van der Waals surface area contributed by atoms with Crippen molar-refractivity contribution in [3.8, 4) is 17.2 Å². The molecule has 0 aliphatic carbocycles. The highest BCUT2D eigenvalue weighted by Crippen LogP contribution is 2.38. The summed E-state index contributed by atoms with van der Waals surface area (Å²) < 4.78 is 16.7. The second-order valence-electron chi connectivity index (χ2n) is 6.15. The van der Waals surface area contributed by atoms with Crippen LogP contribution in [0.25, 0.3) is 0 Å². The minimum atomic E-state index is -0.0618. The number of ether oxygens (including phenoxy) is 3. The number of hydrogen-bond acceptors (Lipinski definition) is 4. The van der Waals surface area contributed by atoms with Crippen LogP contribution in [0.15, 0.2) is 36.4 Å². The van der Waals surface area contributed by atoms with Crippen LogP contribution in [0.5, 0.6) is 17.2 Å². The van der Waals surface area contributed by atoms with E-state index >= 15 is 0 Å². The number of halogens is 1. The van der Waals surface area contributed by atoms with Crippen molar-refractivity contribution in [3.63, 3.8) is 0 Å². The van der Waals surface area contributed by atoms with Crippen molar-refractivity contribution in [3.05, 3.63) is 52.5 Å². The van der Waals surface area contributed by atoms with Crippen molar-refractivity contribution in [2.24, 2.45) is 0 Å². The first-order valence-electron chi connectivity index (χ1n) is 8.66. The van der Waals surface area contributed by atoms with Gasteiger partial charge in [-0.3, -0.25) is 4.79 Å². The zero-order chi connectivity index (χ0) is 18.4. The van der Waals surface area contributed by atoms with Crippen LogP contribution in [0.1, 0.15) is 17.5 Å². The van der Waals surface area contributed by atoms with Gasteiger partial charge < -0.3 is 19.5 Å². The molecule has 1 aliphatic rings. The maximum Gasteiger partial charge on any atom is 0.224 e. The molecule has 5 nitrogen and oxygen atoms in total. The van der Waals surface area contributed by atoms with Gasteiger partial charge in [-0.25, -0.2) is 0 Å². The molecule has 0 bridgehead atoms. The number of benzene rings is 2. The van der Waals surface area contributed by atoms with E-state index in [0.29, 0.717) is 42.9 Å². The van der Waals surface area contributed by atoms with E-state index < -0.39 is 0 Å². The number of fused-ring (bicyclic) bond motifs is 1. The third kappa shape index (κ3) is 5.05. The molecule has 1 N–H and O–H groups in total. The molecule has 1 amide bonds. The highest BCUT2D eigenvalue weighted by atomic mass is 35.5. The maximum absolute atomic E-state index is 12.1. The molecule has 3 rings (SSSR count). The summed E-state index contributed by atoms with van der Waals surface area (Å²) in [6, 6.07) is 11.5. The number of aryl methyl sites for hydroxylation is 1. The molecule has 1 heterocycles. The summed E-state index contributed by atoms with van der Waals surface area (Å²) in [4.78, 5) is 12.1. The van der Waals surface area contributed by atoms with Gasteiger partial charge in [0.2, 0.25) is 5.91 Å². The Hall–Kier alpha value is -2.40. The van der Waals surface area contributed by atoms with Crippen molar-refractivity contribution in [2.45, 2.75) is 19.8 Å². The van der Waals surface area contributed by atoms with Crippen LogP contribution in [0.4, 0.5) is 0 Å². The van der Waals surface area contributed by atoms with Crippen molar-refractivity contribution < 1.29 is 19.0 Å². The number of amides is 1. The topological polar surface area (TPSA) is 56.8 Å². The lowest BCUT2D eigenvalue weighted by Crippen LogP contribution is -2.27. The van der Waals surface area contributed by atoms with E-state index in [-0.39, 0.29) is 12.3 Å². The summed E-state index contributed by atoms with van der Waals surface area (Å²) in [5.41, 5.74) is 1.96. The Kier molecular flexibility index (Phi) is 6.23. The summed E-state index contributed by atoms with van der Waals surface area (Å²) in [7, 11) is 0. The lowest BCUT2D eigenvalue weighted by molar-refractivity contribution is -0.120. The molecule has 1 aliphatic heterocycles. The number of hydrogen-bond donors (Lipinski definition) is 1. The highest BCUT2D eigenvalue weighted by Gasteiger charge is 2.17. The Labute approximate surface area is 158 Å². The van der Waals surface area contributed by atoms with Gasteiger partial charge in [0.05, 0.1) is 18.1 Å². The van der Waals surface area contributed by atoms with E-state index in [0.717, 1.165) is 23.3 Å². The molecule has 0 unspecified atom stereocenters. The summed E-state index contributed by atoms with van der Waals surface area (Å²) in [5, 5.41) is 3.36.